The number of hydrogen-bond donors (Lipinski definition) is 2. The lowest BCUT2D eigenvalue weighted by Gasteiger charge is -2.17. The lowest BCUT2D eigenvalue weighted by atomic mass is 10.0. The molecule has 0 saturated carbocycles. The van der Waals surface area contributed by atoms with Crippen LogP contribution in [0, 0.1) is 0 Å². The van der Waals surface area contributed by atoms with Gasteiger partial charge in [-0.2, -0.15) is 0 Å². The fraction of sp³-hybridized carbons (Fsp3) is 0.462. The van der Waals surface area contributed by atoms with E-state index >= 15 is 0 Å². The monoisotopic (exact) mass is 302 g/mol. The largest absolute Gasteiger partial charge is 0.467 e. The Morgan fingerprint density at radius 3 is 2.35 bits per heavy atom. The van der Waals surface area contributed by atoms with Gasteiger partial charge in [0, 0.05) is 0 Å². The molecular weight excluding hydrogens is 284 g/mol. The average molecular weight is 302 g/mol. The topological polar surface area (TPSA) is 101 Å². The molecule has 6 nitrogen and oxygen atoms in total. The molecule has 2 atom stereocenters. The fourth-order valence-electron chi connectivity index (χ4n) is 1.58. The molecule has 0 aliphatic carbocycles. The van der Waals surface area contributed by atoms with Gasteiger partial charge in [0.1, 0.15) is 6.10 Å². The van der Waals surface area contributed by atoms with Crippen molar-refractivity contribution >= 4 is 15.8 Å². The Morgan fingerprint density at radius 2 is 1.85 bits per heavy atom. The van der Waals surface area contributed by atoms with Crippen LogP contribution in [-0.4, -0.2) is 43.1 Å². The van der Waals surface area contributed by atoms with Crippen LogP contribution in [0.4, 0.5) is 0 Å². The van der Waals surface area contributed by atoms with Crippen molar-refractivity contribution in [3.63, 3.8) is 0 Å². The van der Waals surface area contributed by atoms with Gasteiger partial charge in [0.05, 0.1) is 17.3 Å². The van der Waals surface area contributed by atoms with Crippen LogP contribution in [0.5, 0.6) is 0 Å². The van der Waals surface area contributed by atoms with E-state index in [4.69, 9.17) is 0 Å². The highest BCUT2D eigenvalue weighted by Crippen LogP contribution is 2.23. The molecule has 0 bridgehead atoms. The van der Waals surface area contributed by atoms with Crippen LogP contribution in [0.25, 0.3) is 0 Å². The summed E-state index contributed by atoms with van der Waals surface area (Å²) in [5.74, 6) is -0.991. The average Bonchev–Trinajstić information content (AvgIpc) is 2.44. The molecule has 1 aromatic carbocycles. The Balaban J connectivity index is 3.14. The van der Waals surface area contributed by atoms with Gasteiger partial charge in [-0.05, 0) is 31.5 Å². The molecule has 7 heteroatoms. The number of hydrogen-bond acceptors (Lipinski definition) is 6. The predicted molar refractivity (Wildman–Crippen MR) is 71.7 cm³/mol. The molecule has 0 spiro atoms. The highest BCUT2D eigenvalue weighted by Gasteiger charge is 2.28. The Hall–Kier alpha value is -1.44. The highest BCUT2D eigenvalue weighted by atomic mass is 32.2. The van der Waals surface area contributed by atoms with Crippen molar-refractivity contribution in [2.45, 2.75) is 36.2 Å². The molecule has 1 rings (SSSR count). The number of ether oxygens (including phenoxy) is 1. The molecule has 0 aliphatic heterocycles. The van der Waals surface area contributed by atoms with E-state index in [0.29, 0.717) is 0 Å². The maximum Gasteiger partial charge on any atom is 0.337 e. The molecule has 0 amide bonds. The lowest BCUT2D eigenvalue weighted by Crippen LogP contribution is -2.29. The van der Waals surface area contributed by atoms with Gasteiger partial charge in [0.2, 0.25) is 0 Å². The third-order valence-electron chi connectivity index (χ3n) is 2.89. The van der Waals surface area contributed by atoms with E-state index in [0.717, 1.165) is 7.11 Å². The minimum Gasteiger partial charge on any atom is -0.467 e. The first kappa shape index (κ1) is 16.6. The van der Waals surface area contributed by atoms with Gasteiger partial charge in [-0.15, -0.1) is 0 Å². The second-order valence-electron chi connectivity index (χ2n) is 4.58. The summed E-state index contributed by atoms with van der Waals surface area (Å²) in [6.07, 6.45) is -3.32. The number of esters is 1. The van der Waals surface area contributed by atoms with Gasteiger partial charge in [-0.1, -0.05) is 12.1 Å². The minimum atomic E-state index is -3.49. The second-order valence-corrected chi connectivity index (χ2v) is 7.08. The smallest absolute Gasteiger partial charge is 0.337 e. The van der Waals surface area contributed by atoms with Crippen molar-refractivity contribution in [1.29, 1.82) is 0 Å². The molecule has 0 radical (unpaired) electrons. The molecule has 112 valence electrons. The Kier molecular flexibility index (Phi) is 5.27. The van der Waals surface area contributed by atoms with Crippen molar-refractivity contribution in [2.75, 3.05) is 7.11 Å². The number of sulfone groups is 1. The number of aliphatic hydroxyl groups is 2. The van der Waals surface area contributed by atoms with Crippen molar-refractivity contribution in [2.24, 2.45) is 0 Å². The number of methoxy groups -OCH3 is 1. The maximum absolute atomic E-state index is 12.0. The molecule has 0 heterocycles. The number of carbonyl (C=O) groups is 1. The lowest BCUT2D eigenvalue weighted by molar-refractivity contribution is -0.156. The van der Waals surface area contributed by atoms with E-state index in [-0.39, 0.29) is 10.5 Å². The Morgan fingerprint density at radius 1 is 1.25 bits per heavy atom. The summed E-state index contributed by atoms with van der Waals surface area (Å²) in [4.78, 5) is 11.2. The summed E-state index contributed by atoms with van der Waals surface area (Å²) in [7, 11) is -2.41. The third-order valence-corrected chi connectivity index (χ3v) is 5.04. The van der Waals surface area contributed by atoms with E-state index in [9.17, 15) is 23.4 Å². The quantitative estimate of drug-likeness (QED) is 0.765. The van der Waals surface area contributed by atoms with Gasteiger partial charge in [-0.3, -0.25) is 0 Å². The van der Waals surface area contributed by atoms with E-state index in [1.807, 2.05) is 0 Å². The minimum absolute atomic E-state index is 0.0288. The maximum atomic E-state index is 12.0. The fourth-order valence-corrected chi connectivity index (χ4v) is 2.69. The molecule has 0 saturated heterocycles. The van der Waals surface area contributed by atoms with E-state index < -0.39 is 33.3 Å². The van der Waals surface area contributed by atoms with Crippen LogP contribution in [0.2, 0.25) is 0 Å². The first-order valence-corrected chi connectivity index (χ1v) is 7.54. The molecule has 0 aromatic heterocycles. The van der Waals surface area contributed by atoms with E-state index in [1.165, 1.54) is 24.3 Å². The van der Waals surface area contributed by atoms with E-state index in [2.05, 4.69) is 4.74 Å². The number of benzene rings is 1. The van der Waals surface area contributed by atoms with Crippen LogP contribution in [0.15, 0.2) is 29.2 Å². The second kappa shape index (κ2) is 6.34. The predicted octanol–water partition coefficient (Wildman–Crippen LogP) is 0.436. The van der Waals surface area contributed by atoms with Crippen molar-refractivity contribution in [3.8, 4) is 0 Å². The van der Waals surface area contributed by atoms with Gasteiger partial charge in [0.15, 0.2) is 15.9 Å². The molecule has 1 aromatic rings. The first-order chi connectivity index (χ1) is 9.21. The van der Waals surface area contributed by atoms with Crippen LogP contribution in [-0.2, 0) is 19.4 Å². The van der Waals surface area contributed by atoms with Crippen LogP contribution in [0.1, 0.15) is 25.5 Å². The molecule has 2 unspecified atom stereocenters. The zero-order valence-electron chi connectivity index (χ0n) is 11.5. The number of carbonyl (C=O) groups excluding carboxylic acids is 1. The summed E-state index contributed by atoms with van der Waals surface area (Å²) in [6, 6.07) is 5.51. The summed E-state index contributed by atoms with van der Waals surface area (Å²) in [5, 5.41) is 18.8. The van der Waals surface area contributed by atoms with Crippen molar-refractivity contribution < 1.29 is 28.2 Å². The number of aliphatic hydroxyl groups excluding tert-OH is 2. The van der Waals surface area contributed by atoms with E-state index in [1.54, 1.807) is 13.8 Å². The highest BCUT2D eigenvalue weighted by molar-refractivity contribution is 7.92. The van der Waals surface area contributed by atoms with Crippen LogP contribution >= 0.6 is 0 Å². The molecular formula is C13H18O6S. The van der Waals surface area contributed by atoms with Crippen LogP contribution in [0.3, 0.4) is 0 Å². The summed E-state index contributed by atoms with van der Waals surface area (Å²) in [6.45, 7) is 3.09. The van der Waals surface area contributed by atoms with Gasteiger partial charge in [-0.25, -0.2) is 13.2 Å². The Bertz CT molecular complexity index is 578. The molecule has 0 aliphatic rings. The molecule has 2 N–H and O–H groups in total. The third kappa shape index (κ3) is 3.36. The Labute approximate surface area is 117 Å². The number of rotatable bonds is 5. The summed E-state index contributed by atoms with van der Waals surface area (Å²) in [5.41, 5.74) is 0.129. The normalized spacial score (nSPS) is 14.9. The van der Waals surface area contributed by atoms with Crippen LogP contribution < -0.4 is 0 Å². The zero-order chi connectivity index (χ0) is 15.5. The standard InChI is InChI=1S/C13H18O6S/c1-8(2)20(17,18)10-6-4-5-9(7-10)11(14)12(15)13(16)19-3/h4-8,11-12,14-15H,1-3H3. The summed E-state index contributed by atoms with van der Waals surface area (Å²) < 4.78 is 28.4. The van der Waals surface area contributed by atoms with Gasteiger partial charge in [0.25, 0.3) is 0 Å². The molecule has 0 fully saturated rings. The van der Waals surface area contributed by atoms with Gasteiger partial charge < -0.3 is 14.9 Å². The SMILES string of the molecule is COC(=O)C(O)C(O)c1cccc(S(=O)(=O)C(C)C)c1. The zero-order valence-corrected chi connectivity index (χ0v) is 12.3. The van der Waals surface area contributed by atoms with Crippen molar-refractivity contribution in [3.05, 3.63) is 29.8 Å². The summed E-state index contributed by atoms with van der Waals surface area (Å²) >= 11 is 0. The first-order valence-electron chi connectivity index (χ1n) is 5.99. The van der Waals surface area contributed by atoms with Crippen molar-refractivity contribution in [1.82, 2.24) is 0 Å². The molecule has 20 heavy (non-hydrogen) atoms. The van der Waals surface area contributed by atoms with Gasteiger partial charge >= 0.3 is 5.97 Å².